The number of nitrogens with two attached hydrogens (primary N) is 2. The number of hydrogen-bond donors (Lipinski definition) is 2. The molecule has 1 aromatic rings. The van der Waals surface area contributed by atoms with Crippen molar-refractivity contribution in [3.63, 3.8) is 0 Å². The first kappa shape index (κ1) is 11.2. The highest BCUT2D eigenvalue weighted by molar-refractivity contribution is 9.11. The van der Waals surface area contributed by atoms with Gasteiger partial charge >= 0.3 is 0 Å². The molecule has 6 heteroatoms. The lowest BCUT2D eigenvalue weighted by atomic mass is 10.2. The van der Waals surface area contributed by atoms with Gasteiger partial charge in [-0.25, -0.2) is 0 Å². The Labute approximate surface area is 98.3 Å². The highest BCUT2D eigenvalue weighted by atomic mass is 79.9. The van der Waals surface area contributed by atoms with Gasteiger partial charge in [0.05, 0.1) is 6.21 Å². The first-order valence-electron chi connectivity index (χ1n) is 3.67. The maximum atomic E-state index is 5.12. The number of hydrogen-bond acceptors (Lipinski definition) is 2. The normalized spacial score (nSPS) is 10.4. The lowest BCUT2D eigenvalue weighted by Crippen LogP contribution is -2.21. The molecule has 1 aromatic carbocycles. The van der Waals surface area contributed by atoms with Gasteiger partial charge < -0.3 is 11.5 Å². The average molecular weight is 320 g/mol. The molecule has 0 bridgehead atoms. The second kappa shape index (κ2) is 5.11. The zero-order chi connectivity index (χ0) is 10.6. The van der Waals surface area contributed by atoms with Crippen LogP contribution in [-0.2, 0) is 0 Å². The highest BCUT2D eigenvalue weighted by Crippen LogP contribution is 2.23. The smallest absolute Gasteiger partial charge is 0.211 e. The van der Waals surface area contributed by atoms with E-state index in [0.29, 0.717) is 0 Å². The van der Waals surface area contributed by atoms with E-state index in [-0.39, 0.29) is 5.96 Å². The molecule has 0 unspecified atom stereocenters. The van der Waals surface area contributed by atoms with E-state index in [4.69, 9.17) is 11.5 Å². The summed E-state index contributed by atoms with van der Waals surface area (Å²) in [6, 6.07) is 5.72. The molecule has 74 valence electrons. The summed E-state index contributed by atoms with van der Waals surface area (Å²) in [6.45, 7) is 0. The largest absolute Gasteiger partial charge is 0.369 e. The van der Waals surface area contributed by atoms with E-state index in [2.05, 4.69) is 42.1 Å². The predicted molar refractivity (Wildman–Crippen MR) is 65.2 cm³/mol. The zero-order valence-corrected chi connectivity index (χ0v) is 10.3. The fourth-order valence-corrected chi connectivity index (χ4v) is 1.99. The van der Waals surface area contributed by atoms with Gasteiger partial charge in [0.25, 0.3) is 0 Å². The van der Waals surface area contributed by atoms with Gasteiger partial charge in [0.2, 0.25) is 5.96 Å². The molecule has 0 atom stereocenters. The minimum atomic E-state index is -0.0653. The van der Waals surface area contributed by atoms with E-state index in [0.717, 1.165) is 14.5 Å². The molecule has 0 aliphatic rings. The molecule has 0 saturated carbocycles. The van der Waals surface area contributed by atoms with Crippen LogP contribution in [0.2, 0.25) is 0 Å². The maximum absolute atomic E-state index is 5.12. The Bertz CT molecular complexity index is 363. The molecule has 1 rings (SSSR count). The van der Waals surface area contributed by atoms with Gasteiger partial charge in [0, 0.05) is 14.5 Å². The molecule has 0 saturated heterocycles. The predicted octanol–water partition coefficient (Wildman–Crippen LogP) is 1.82. The van der Waals surface area contributed by atoms with Gasteiger partial charge in [-0.3, -0.25) is 0 Å². The van der Waals surface area contributed by atoms with Crippen molar-refractivity contribution in [2.24, 2.45) is 21.7 Å². The Morgan fingerprint density at radius 2 is 1.79 bits per heavy atom. The van der Waals surface area contributed by atoms with Crippen LogP contribution in [0.25, 0.3) is 0 Å². The SMILES string of the molecule is NC(N)=N/N=C/c1c(Br)cccc1Br. The summed E-state index contributed by atoms with van der Waals surface area (Å²) in [6.07, 6.45) is 1.56. The number of benzene rings is 1. The van der Waals surface area contributed by atoms with Crippen molar-refractivity contribution in [3.05, 3.63) is 32.7 Å². The number of rotatable bonds is 2. The molecule has 0 aromatic heterocycles. The third-order valence-electron chi connectivity index (χ3n) is 1.36. The second-order valence-corrected chi connectivity index (χ2v) is 4.11. The van der Waals surface area contributed by atoms with Crippen LogP contribution in [0.15, 0.2) is 37.3 Å². The lowest BCUT2D eigenvalue weighted by molar-refractivity contribution is 1.21. The molecule has 0 spiro atoms. The Morgan fingerprint density at radius 3 is 2.29 bits per heavy atom. The van der Waals surface area contributed by atoms with Crippen LogP contribution in [0.4, 0.5) is 0 Å². The van der Waals surface area contributed by atoms with Crippen LogP contribution in [0, 0.1) is 0 Å². The maximum Gasteiger partial charge on any atom is 0.211 e. The van der Waals surface area contributed by atoms with Gasteiger partial charge in [-0.05, 0) is 12.1 Å². The van der Waals surface area contributed by atoms with Crippen LogP contribution in [0.5, 0.6) is 0 Å². The van der Waals surface area contributed by atoms with Crippen molar-refractivity contribution < 1.29 is 0 Å². The summed E-state index contributed by atoms with van der Waals surface area (Å²) < 4.78 is 1.84. The van der Waals surface area contributed by atoms with Crippen LogP contribution in [0.3, 0.4) is 0 Å². The van der Waals surface area contributed by atoms with E-state index in [1.54, 1.807) is 6.21 Å². The number of guanidine groups is 1. The zero-order valence-electron chi connectivity index (χ0n) is 7.11. The van der Waals surface area contributed by atoms with Gasteiger partial charge in [-0.1, -0.05) is 37.9 Å². The van der Waals surface area contributed by atoms with Gasteiger partial charge in [-0.2, -0.15) is 5.10 Å². The summed E-state index contributed by atoms with van der Waals surface area (Å²) in [5, 5.41) is 7.22. The standard InChI is InChI=1S/C8H8Br2N4/c9-6-2-1-3-7(10)5(6)4-13-14-8(11)12/h1-4H,(H4,11,12,14)/b13-4+. The number of halogens is 2. The fourth-order valence-electron chi connectivity index (χ4n) is 0.787. The quantitative estimate of drug-likeness (QED) is 0.495. The number of nitrogens with zero attached hydrogens (tertiary/aromatic N) is 2. The minimum absolute atomic E-state index is 0.0653. The Hall–Kier alpha value is -0.880. The monoisotopic (exact) mass is 318 g/mol. The van der Waals surface area contributed by atoms with Gasteiger partial charge in [-0.15, -0.1) is 5.10 Å². The van der Waals surface area contributed by atoms with Crippen molar-refractivity contribution in [2.75, 3.05) is 0 Å². The molecule has 0 heterocycles. The van der Waals surface area contributed by atoms with E-state index in [1.807, 2.05) is 18.2 Å². The third kappa shape index (κ3) is 3.12. The summed E-state index contributed by atoms with van der Waals surface area (Å²) in [4.78, 5) is 0. The molecule has 0 aliphatic heterocycles. The van der Waals surface area contributed by atoms with Crippen molar-refractivity contribution in [1.29, 1.82) is 0 Å². The van der Waals surface area contributed by atoms with Crippen molar-refractivity contribution in [3.8, 4) is 0 Å². The first-order chi connectivity index (χ1) is 6.61. The van der Waals surface area contributed by atoms with E-state index in [9.17, 15) is 0 Å². The Morgan fingerprint density at radius 1 is 1.21 bits per heavy atom. The molecule has 0 amide bonds. The topological polar surface area (TPSA) is 76.8 Å². The van der Waals surface area contributed by atoms with Crippen molar-refractivity contribution in [2.45, 2.75) is 0 Å². The first-order valence-corrected chi connectivity index (χ1v) is 5.26. The Balaban J connectivity index is 2.97. The van der Waals surface area contributed by atoms with Crippen LogP contribution in [-0.4, -0.2) is 12.2 Å². The average Bonchev–Trinajstić information content (AvgIpc) is 2.09. The molecule has 4 nitrogen and oxygen atoms in total. The highest BCUT2D eigenvalue weighted by Gasteiger charge is 2.00. The van der Waals surface area contributed by atoms with Crippen molar-refractivity contribution >= 4 is 44.0 Å². The third-order valence-corrected chi connectivity index (χ3v) is 2.74. The summed E-state index contributed by atoms with van der Waals surface area (Å²) in [5.41, 5.74) is 11.1. The van der Waals surface area contributed by atoms with Crippen LogP contribution >= 0.6 is 31.9 Å². The van der Waals surface area contributed by atoms with E-state index in [1.165, 1.54) is 0 Å². The van der Waals surface area contributed by atoms with Crippen molar-refractivity contribution in [1.82, 2.24) is 0 Å². The molecular formula is C8H8Br2N4. The molecule has 4 N–H and O–H groups in total. The van der Waals surface area contributed by atoms with E-state index < -0.39 is 0 Å². The molecule has 0 radical (unpaired) electrons. The van der Waals surface area contributed by atoms with E-state index >= 15 is 0 Å². The summed E-state index contributed by atoms with van der Waals surface area (Å²) in [7, 11) is 0. The fraction of sp³-hybridized carbons (Fsp3) is 0. The Kier molecular flexibility index (Phi) is 4.09. The molecular weight excluding hydrogens is 312 g/mol. The molecule has 0 aliphatic carbocycles. The summed E-state index contributed by atoms with van der Waals surface area (Å²) >= 11 is 6.76. The molecule has 14 heavy (non-hydrogen) atoms. The van der Waals surface area contributed by atoms with Crippen LogP contribution in [0.1, 0.15) is 5.56 Å². The second-order valence-electron chi connectivity index (χ2n) is 2.40. The van der Waals surface area contributed by atoms with Crippen LogP contribution < -0.4 is 11.5 Å². The molecule has 0 fully saturated rings. The van der Waals surface area contributed by atoms with Gasteiger partial charge in [0.1, 0.15) is 0 Å². The minimum Gasteiger partial charge on any atom is -0.369 e. The van der Waals surface area contributed by atoms with Gasteiger partial charge in [0.15, 0.2) is 0 Å². The lowest BCUT2D eigenvalue weighted by Gasteiger charge is -1.99. The summed E-state index contributed by atoms with van der Waals surface area (Å²) in [5.74, 6) is -0.0653.